The van der Waals surface area contributed by atoms with Crippen LogP contribution in [0.1, 0.15) is 0 Å². The number of halogens is 7. The van der Waals surface area contributed by atoms with Crippen molar-refractivity contribution in [2.24, 2.45) is 0 Å². The third-order valence-corrected chi connectivity index (χ3v) is 2.23. The first-order valence-corrected chi connectivity index (χ1v) is 3.94. The molecule has 15 heavy (non-hydrogen) atoms. The van der Waals surface area contributed by atoms with Gasteiger partial charge in [0.1, 0.15) is 10.1 Å². The maximum Gasteiger partial charge on any atom is 1.00 e. The van der Waals surface area contributed by atoms with Gasteiger partial charge in [0.25, 0.3) is 0 Å². The Morgan fingerprint density at radius 1 is 0.800 bits per heavy atom. The summed E-state index contributed by atoms with van der Waals surface area (Å²) in [6.45, 7) is 0. The SMILES string of the molecule is O=S(=O)([O-])C(F)(C(F)(F)F)C(F)(F)F.[Na+]. The quantitative estimate of drug-likeness (QED) is 0.326. The average Bonchev–Trinajstić information content (AvgIpc) is 1.77. The molecule has 0 N–H and O–H groups in total. The first-order valence-electron chi connectivity index (χ1n) is 2.53. The standard InChI is InChI=1S/C3HF7O3S.Na/c4-1(2(5,6)7,3(8,9)10)14(11,12)13;/h(H,11,12,13);/q;+1/p-1. The Morgan fingerprint density at radius 2 is 1.00 bits per heavy atom. The summed E-state index contributed by atoms with van der Waals surface area (Å²) in [5, 5.41) is -6.77. The van der Waals surface area contributed by atoms with Gasteiger partial charge in [0.05, 0.1) is 0 Å². The Bertz CT molecular complexity index is 301. The largest absolute Gasteiger partial charge is 1.00 e. The van der Waals surface area contributed by atoms with E-state index in [4.69, 9.17) is 0 Å². The molecule has 0 unspecified atom stereocenters. The molecule has 0 fully saturated rings. The van der Waals surface area contributed by atoms with E-state index >= 15 is 0 Å². The van der Waals surface area contributed by atoms with Gasteiger partial charge in [-0.1, -0.05) is 0 Å². The van der Waals surface area contributed by atoms with Crippen LogP contribution in [0.15, 0.2) is 0 Å². The molecule has 0 amide bonds. The minimum atomic E-state index is -7.25. The fourth-order valence-electron chi connectivity index (χ4n) is 0.444. The molecule has 0 heterocycles. The van der Waals surface area contributed by atoms with Gasteiger partial charge in [-0.2, -0.15) is 26.3 Å². The second-order valence-electron chi connectivity index (χ2n) is 2.04. The Balaban J connectivity index is 0. The molecule has 0 radical (unpaired) electrons. The van der Waals surface area contributed by atoms with Crippen LogP contribution in [0.25, 0.3) is 0 Å². The van der Waals surface area contributed by atoms with E-state index in [2.05, 4.69) is 0 Å². The topological polar surface area (TPSA) is 57.2 Å². The third-order valence-electron chi connectivity index (χ3n) is 1.07. The van der Waals surface area contributed by atoms with Gasteiger partial charge in [-0.25, -0.2) is 12.8 Å². The predicted octanol–water partition coefficient (Wildman–Crippen LogP) is -1.67. The van der Waals surface area contributed by atoms with E-state index in [1.807, 2.05) is 0 Å². The van der Waals surface area contributed by atoms with Crippen LogP contribution in [0.3, 0.4) is 0 Å². The molecule has 0 aliphatic rings. The van der Waals surface area contributed by atoms with Crippen molar-refractivity contribution < 1.29 is 73.3 Å². The van der Waals surface area contributed by atoms with Crippen molar-refractivity contribution >= 4 is 10.1 Å². The summed E-state index contributed by atoms with van der Waals surface area (Å²) in [4.78, 5) is 0. The van der Waals surface area contributed by atoms with Gasteiger partial charge in [-0.3, -0.25) is 0 Å². The first kappa shape index (κ1) is 17.8. The molecule has 0 bridgehead atoms. The Kier molecular flexibility index (Phi) is 5.17. The molecule has 0 saturated carbocycles. The van der Waals surface area contributed by atoms with Crippen LogP contribution in [-0.4, -0.2) is 30.3 Å². The van der Waals surface area contributed by atoms with E-state index in [0.29, 0.717) is 0 Å². The van der Waals surface area contributed by atoms with Crippen LogP contribution in [0, 0.1) is 0 Å². The van der Waals surface area contributed by atoms with Crippen molar-refractivity contribution in [2.75, 3.05) is 0 Å². The van der Waals surface area contributed by atoms with Gasteiger partial charge in [0, 0.05) is 0 Å². The van der Waals surface area contributed by atoms with Crippen molar-refractivity contribution in [1.82, 2.24) is 0 Å². The summed E-state index contributed by atoms with van der Waals surface area (Å²) in [7, 11) is -7.25. The Hall–Kier alpha value is 0.420. The zero-order valence-electron chi connectivity index (χ0n) is 6.78. The van der Waals surface area contributed by atoms with Gasteiger partial charge >= 0.3 is 46.9 Å². The van der Waals surface area contributed by atoms with Gasteiger partial charge in [-0.15, -0.1) is 0 Å². The van der Waals surface area contributed by atoms with Crippen molar-refractivity contribution in [3.63, 3.8) is 0 Å². The normalized spacial score (nSPS) is 14.7. The van der Waals surface area contributed by atoms with Crippen LogP contribution in [0.5, 0.6) is 0 Å². The van der Waals surface area contributed by atoms with Crippen LogP contribution in [-0.2, 0) is 10.1 Å². The molecule has 0 rings (SSSR count). The molecule has 0 spiro atoms. The molecule has 0 aromatic rings. The van der Waals surface area contributed by atoms with Crippen LogP contribution < -0.4 is 29.6 Å². The van der Waals surface area contributed by atoms with E-state index < -0.39 is 27.5 Å². The molecule has 0 aromatic carbocycles. The van der Waals surface area contributed by atoms with Crippen molar-refractivity contribution in [2.45, 2.75) is 17.4 Å². The monoisotopic (exact) mass is 272 g/mol. The maximum absolute atomic E-state index is 12.2. The molecule has 3 nitrogen and oxygen atoms in total. The van der Waals surface area contributed by atoms with Gasteiger partial charge in [0.2, 0.25) is 0 Å². The van der Waals surface area contributed by atoms with Crippen LogP contribution in [0.4, 0.5) is 30.7 Å². The summed E-state index contributed by atoms with van der Waals surface area (Å²) in [5.41, 5.74) is 0. The number of hydrogen-bond donors (Lipinski definition) is 0. The van der Waals surface area contributed by atoms with Gasteiger partial charge in [0.15, 0.2) is 0 Å². The maximum atomic E-state index is 12.2. The second-order valence-corrected chi connectivity index (χ2v) is 3.52. The van der Waals surface area contributed by atoms with E-state index in [1.54, 1.807) is 0 Å². The molecule has 0 saturated heterocycles. The smallest absolute Gasteiger partial charge is 0.745 e. The van der Waals surface area contributed by atoms with Crippen molar-refractivity contribution in [3.05, 3.63) is 0 Å². The summed E-state index contributed by atoms with van der Waals surface area (Å²) >= 11 is 0. The van der Waals surface area contributed by atoms with E-state index in [0.717, 1.165) is 0 Å². The molecular weight excluding hydrogens is 272 g/mol. The molecule has 12 heteroatoms. The minimum absolute atomic E-state index is 0. The fourth-order valence-corrected chi connectivity index (χ4v) is 1.01. The molecular formula is C3F7NaO3S. The molecule has 0 aliphatic heterocycles. The number of rotatable bonds is 1. The summed E-state index contributed by atoms with van der Waals surface area (Å²) in [5.74, 6) is 0. The number of hydrogen-bond acceptors (Lipinski definition) is 3. The van der Waals surface area contributed by atoms with Gasteiger partial charge < -0.3 is 4.55 Å². The van der Waals surface area contributed by atoms with Crippen LogP contribution in [0.2, 0.25) is 0 Å². The Labute approximate surface area is 101 Å². The molecule has 86 valence electrons. The number of alkyl halides is 7. The minimum Gasteiger partial charge on any atom is -0.745 e. The average molecular weight is 272 g/mol. The zero-order valence-corrected chi connectivity index (χ0v) is 9.60. The van der Waals surface area contributed by atoms with E-state index in [-0.39, 0.29) is 29.6 Å². The van der Waals surface area contributed by atoms with Crippen molar-refractivity contribution in [1.29, 1.82) is 0 Å². The second kappa shape index (κ2) is 4.35. The van der Waals surface area contributed by atoms with Crippen LogP contribution >= 0.6 is 0 Å². The van der Waals surface area contributed by atoms with Gasteiger partial charge in [-0.05, 0) is 0 Å². The first-order chi connectivity index (χ1) is 5.75. The molecule has 0 aromatic heterocycles. The fraction of sp³-hybridized carbons (Fsp3) is 1.00. The summed E-state index contributed by atoms with van der Waals surface area (Å²) < 4.78 is 109. The summed E-state index contributed by atoms with van der Waals surface area (Å²) in [6.07, 6.45) is -13.7. The van der Waals surface area contributed by atoms with Crippen molar-refractivity contribution in [3.8, 4) is 0 Å². The summed E-state index contributed by atoms with van der Waals surface area (Å²) in [6, 6.07) is 0. The molecule has 0 atom stereocenters. The third kappa shape index (κ3) is 2.96. The molecule has 0 aliphatic carbocycles. The van der Waals surface area contributed by atoms with E-state index in [9.17, 15) is 43.7 Å². The Morgan fingerprint density at radius 3 is 1.00 bits per heavy atom. The van der Waals surface area contributed by atoms with E-state index in [1.165, 1.54) is 0 Å². The predicted molar refractivity (Wildman–Crippen MR) is 25.6 cm³/mol. The zero-order chi connectivity index (χ0) is 12.0.